The van der Waals surface area contributed by atoms with E-state index in [0.717, 1.165) is 68.1 Å². The van der Waals surface area contributed by atoms with Gasteiger partial charge in [0.25, 0.3) is 7.82 Å². The zero-order valence-corrected chi connectivity index (χ0v) is 37.9. The third kappa shape index (κ3) is 13.9. The third-order valence-electron chi connectivity index (χ3n) is 14.2. The fraction of sp³-hybridized carbons (Fsp3) is 0.889. The van der Waals surface area contributed by atoms with E-state index in [1.165, 1.54) is 50.5 Å². The SMILES string of the molecule is CCCCCC(=O)OC(COC(=O)CCC(=O)OC1CC[C@]2(C)C(=CC[C@@H]3[C@H]4CC[C@@H]([C@@H](C)CCCC(C)C)[C@]4(C)CC[C@H]32)C1)COP(=O)([O-])OCC[N+](C)(C)C. The maximum Gasteiger partial charge on any atom is 0.306 e. The molecule has 10 atom stereocenters. The Labute approximate surface area is 344 Å². The zero-order valence-electron chi connectivity index (χ0n) is 37.0. The first-order valence-corrected chi connectivity index (χ1v) is 23.9. The number of carbonyl (C=O) groups is 3. The second-order valence-corrected chi connectivity index (χ2v) is 21.4. The van der Waals surface area contributed by atoms with Crippen LogP contribution in [0.5, 0.6) is 0 Å². The summed E-state index contributed by atoms with van der Waals surface area (Å²) in [5, 5.41) is 0. The maximum absolute atomic E-state index is 13.0. The molecule has 0 aromatic heterocycles. The number of rotatable bonds is 23. The number of quaternary nitrogens is 1. The summed E-state index contributed by atoms with van der Waals surface area (Å²) in [5.41, 5.74) is 2.05. The van der Waals surface area contributed by atoms with Gasteiger partial charge < -0.3 is 32.6 Å². The number of unbranched alkanes of at least 4 members (excludes halogenated alkanes) is 2. The molecule has 328 valence electrons. The minimum Gasteiger partial charge on any atom is -0.756 e. The minimum absolute atomic E-state index is 0.0751. The fourth-order valence-electron chi connectivity index (χ4n) is 11.0. The number of hydrogen-bond donors (Lipinski definition) is 0. The van der Waals surface area contributed by atoms with E-state index in [1.54, 1.807) is 0 Å². The summed E-state index contributed by atoms with van der Waals surface area (Å²) < 4.78 is 39.5. The van der Waals surface area contributed by atoms with E-state index in [-0.39, 0.29) is 37.4 Å². The second kappa shape index (κ2) is 21.1. The normalized spacial score (nSPS) is 30.6. The van der Waals surface area contributed by atoms with E-state index in [0.29, 0.717) is 28.8 Å². The number of fused-ring (bicyclic) bond motifs is 5. The molecule has 0 saturated heterocycles. The number of esters is 3. The Hall–Kier alpha value is -1.78. The first kappa shape index (κ1) is 47.9. The highest BCUT2D eigenvalue weighted by Gasteiger charge is 2.59. The smallest absolute Gasteiger partial charge is 0.306 e. The van der Waals surface area contributed by atoms with Crippen molar-refractivity contribution in [1.29, 1.82) is 0 Å². The lowest BCUT2D eigenvalue weighted by molar-refractivity contribution is -0.870. The molecule has 0 heterocycles. The van der Waals surface area contributed by atoms with Crippen LogP contribution in [0, 0.1) is 46.3 Å². The first-order valence-electron chi connectivity index (χ1n) is 22.4. The van der Waals surface area contributed by atoms with Gasteiger partial charge in [0.2, 0.25) is 0 Å². The van der Waals surface area contributed by atoms with Crippen LogP contribution in [0.2, 0.25) is 0 Å². The number of carbonyl (C=O) groups excluding carboxylic acids is 3. The van der Waals surface area contributed by atoms with Crippen molar-refractivity contribution in [1.82, 2.24) is 0 Å². The zero-order chi connectivity index (χ0) is 42.0. The Morgan fingerprint density at radius 3 is 2.32 bits per heavy atom. The number of likely N-dealkylation sites (N-methyl/N-ethyl adjacent to an activating group) is 1. The van der Waals surface area contributed by atoms with Gasteiger partial charge in [-0.25, -0.2) is 0 Å². The summed E-state index contributed by atoms with van der Waals surface area (Å²) in [7, 11) is 1.02. The largest absolute Gasteiger partial charge is 0.756 e. The van der Waals surface area contributed by atoms with Crippen molar-refractivity contribution in [3.05, 3.63) is 11.6 Å². The number of nitrogens with zero attached hydrogens (tertiary/aromatic N) is 1. The highest BCUT2D eigenvalue weighted by atomic mass is 31.2. The topological polar surface area (TPSA) is 137 Å². The average Bonchev–Trinajstić information content (AvgIpc) is 3.48. The molecule has 0 aromatic carbocycles. The molecule has 12 heteroatoms. The van der Waals surface area contributed by atoms with Gasteiger partial charge in [0.15, 0.2) is 6.10 Å². The molecule has 0 N–H and O–H groups in total. The Kier molecular flexibility index (Phi) is 17.8. The first-order chi connectivity index (χ1) is 26.8. The van der Waals surface area contributed by atoms with E-state index in [1.807, 2.05) is 28.1 Å². The van der Waals surface area contributed by atoms with Gasteiger partial charge >= 0.3 is 17.9 Å². The summed E-state index contributed by atoms with van der Waals surface area (Å²) in [6, 6.07) is 0. The number of ether oxygens (including phenoxy) is 3. The molecule has 0 amide bonds. The van der Waals surface area contributed by atoms with E-state index in [2.05, 4.69) is 40.7 Å². The molecule has 0 aromatic rings. The van der Waals surface area contributed by atoms with E-state index in [4.69, 9.17) is 23.3 Å². The Morgan fingerprint density at radius 2 is 1.61 bits per heavy atom. The second-order valence-electron chi connectivity index (χ2n) is 20.0. The maximum atomic E-state index is 13.0. The third-order valence-corrected chi connectivity index (χ3v) is 15.2. The van der Waals surface area contributed by atoms with Crippen LogP contribution in [0.3, 0.4) is 0 Å². The standard InChI is InChI=1S/C45H78NO10P/c1-10-11-12-16-42(48)56-36(31-54-57(50,51)53-28-27-46(7,8)9)30-52-41(47)21-22-43(49)55-35-23-25-44(5)34(29-35)17-18-37-39-20-19-38(33(4)15-13-14-32(2)3)45(39,6)26-24-40(37)44/h17,32-33,35-40H,10-16,18-31H2,1-9H3/t33-,35?,36?,37+,38-,39+,40+,44+,45-/m0/s1. The molecule has 4 rings (SSSR count). The van der Waals surface area contributed by atoms with E-state index < -0.39 is 45.0 Å². The Balaban J connectivity index is 1.24. The van der Waals surface area contributed by atoms with Crippen LogP contribution in [0.15, 0.2) is 11.6 Å². The quantitative estimate of drug-likeness (QED) is 0.0245. The number of hydrogen-bond acceptors (Lipinski definition) is 10. The van der Waals surface area contributed by atoms with Crippen molar-refractivity contribution in [2.45, 2.75) is 163 Å². The fourth-order valence-corrected chi connectivity index (χ4v) is 11.7. The highest BCUT2D eigenvalue weighted by Crippen LogP contribution is 2.67. The minimum atomic E-state index is -4.69. The van der Waals surface area contributed by atoms with Crippen molar-refractivity contribution in [2.75, 3.05) is 47.5 Å². The molecule has 3 unspecified atom stereocenters. The van der Waals surface area contributed by atoms with Crippen LogP contribution in [0.1, 0.15) is 151 Å². The molecule has 0 radical (unpaired) electrons. The van der Waals surface area contributed by atoms with Crippen molar-refractivity contribution in [3.63, 3.8) is 0 Å². The lowest BCUT2D eigenvalue weighted by Gasteiger charge is -2.58. The van der Waals surface area contributed by atoms with Gasteiger partial charge in [0, 0.05) is 12.8 Å². The van der Waals surface area contributed by atoms with E-state index >= 15 is 0 Å². The van der Waals surface area contributed by atoms with Gasteiger partial charge in [-0.3, -0.25) is 18.9 Å². The molecule has 11 nitrogen and oxygen atoms in total. The van der Waals surface area contributed by atoms with Gasteiger partial charge in [-0.05, 0) is 97.7 Å². The number of phosphoric ester groups is 1. The molecule has 4 aliphatic carbocycles. The van der Waals surface area contributed by atoms with Gasteiger partial charge in [-0.2, -0.15) is 0 Å². The predicted octanol–water partition coefficient (Wildman–Crippen LogP) is 8.96. The predicted molar refractivity (Wildman–Crippen MR) is 220 cm³/mol. The molecule has 4 aliphatic rings. The van der Waals surface area contributed by atoms with Crippen molar-refractivity contribution in [2.24, 2.45) is 46.3 Å². The molecular weight excluding hydrogens is 745 g/mol. The summed E-state index contributed by atoms with van der Waals surface area (Å²) in [6.07, 6.45) is 16.4. The molecule has 0 spiro atoms. The van der Waals surface area contributed by atoms with Crippen LogP contribution in [-0.4, -0.2) is 82.1 Å². The molecule has 3 fully saturated rings. The average molecular weight is 824 g/mol. The monoisotopic (exact) mass is 824 g/mol. The molecular formula is C45H78NO10P. The van der Waals surface area contributed by atoms with Crippen LogP contribution in [-0.2, 0) is 42.2 Å². The Bertz CT molecular complexity index is 1410. The lowest BCUT2D eigenvalue weighted by atomic mass is 9.47. The molecule has 3 saturated carbocycles. The van der Waals surface area contributed by atoms with Crippen LogP contribution in [0.25, 0.3) is 0 Å². The van der Waals surface area contributed by atoms with Gasteiger partial charge in [-0.1, -0.05) is 85.3 Å². The van der Waals surface area contributed by atoms with Crippen molar-refractivity contribution >= 4 is 25.7 Å². The molecule has 0 bridgehead atoms. The van der Waals surface area contributed by atoms with Crippen LogP contribution >= 0.6 is 7.82 Å². The van der Waals surface area contributed by atoms with Crippen LogP contribution in [0.4, 0.5) is 0 Å². The number of phosphoric acid groups is 1. The summed E-state index contributed by atoms with van der Waals surface area (Å²) >= 11 is 0. The van der Waals surface area contributed by atoms with Crippen LogP contribution < -0.4 is 4.89 Å². The van der Waals surface area contributed by atoms with Gasteiger partial charge in [0.1, 0.15) is 25.9 Å². The van der Waals surface area contributed by atoms with Gasteiger partial charge in [0.05, 0.1) is 40.6 Å². The van der Waals surface area contributed by atoms with Gasteiger partial charge in [-0.15, -0.1) is 0 Å². The summed E-state index contributed by atoms with van der Waals surface area (Å²) in [5.74, 6) is 2.97. The van der Waals surface area contributed by atoms with Crippen molar-refractivity contribution in [3.8, 4) is 0 Å². The lowest BCUT2D eigenvalue weighted by Crippen LogP contribution is -2.51. The molecule has 0 aliphatic heterocycles. The van der Waals surface area contributed by atoms with E-state index in [9.17, 15) is 23.8 Å². The highest BCUT2D eigenvalue weighted by molar-refractivity contribution is 7.45. The Morgan fingerprint density at radius 1 is 0.877 bits per heavy atom. The molecule has 57 heavy (non-hydrogen) atoms. The van der Waals surface area contributed by atoms with Crippen molar-refractivity contribution < 1.29 is 51.6 Å². The summed E-state index contributed by atoms with van der Waals surface area (Å²) in [4.78, 5) is 50.5. The number of allylic oxidation sites excluding steroid dienone is 1. The summed E-state index contributed by atoms with van der Waals surface area (Å²) in [6.45, 7) is 13.7.